The van der Waals surface area contributed by atoms with E-state index in [1.54, 1.807) is 23.1 Å². The van der Waals surface area contributed by atoms with E-state index < -0.39 is 5.97 Å². The topological polar surface area (TPSA) is 75.6 Å². The summed E-state index contributed by atoms with van der Waals surface area (Å²) >= 11 is 3.46. The summed E-state index contributed by atoms with van der Waals surface area (Å²) in [5.41, 5.74) is 0.294. The number of esters is 1. The lowest BCUT2D eigenvalue weighted by atomic mass is 10.2. The van der Waals surface area contributed by atoms with Crippen molar-refractivity contribution in [2.75, 3.05) is 18.9 Å². The Bertz CT molecular complexity index is 626. The van der Waals surface area contributed by atoms with Crippen molar-refractivity contribution < 1.29 is 19.4 Å². The quantitative estimate of drug-likeness (QED) is 0.565. The van der Waals surface area contributed by atoms with E-state index in [1.807, 2.05) is 11.4 Å². The first-order chi connectivity index (χ1) is 11.1. The molecular weight excluding hydrogens is 334 g/mol. The molecular formula is C16H17NO4S2. The number of rotatable bonds is 8. The lowest BCUT2D eigenvalue weighted by molar-refractivity contribution is -0.124. The third-order valence-electron chi connectivity index (χ3n) is 2.83. The second-order valence-electron chi connectivity index (χ2n) is 4.60. The Labute approximate surface area is 142 Å². The minimum atomic E-state index is -0.591. The maximum absolute atomic E-state index is 11.7. The Hall–Kier alpha value is -1.99. The molecule has 0 saturated carbocycles. The SMILES string of the molecule is O=C(COC(=O)c1ccc(O)cc1)NCCSCc1cccs1. The molecule has 2 N–H and O–H groups in total. The summed E-state index contributed by atoms with van der Waals surface area (Å²) in [5, 5.41) is 13.9. The monoisotopic (exact) mass is 351 g/mol. The molecule has 1 amide bonds. The van der Waals surface area contributed by atoms with E-state index in [0.717, 1.165) is 11.5 Å². The Morgan fingerprint density at radius 2 is 2.00 bits per heavy atom. The molecule has 0 aliphatic rings. The molecule has 7 heteroatoms. The predicted octanol–water partition coefficient (Wildman–Crippen LogP) is 2.66. The molecule has 2 rings (SSSR count). The van der Waals surface area contributed by atoms with Crippen LogP contribution in [0.3, 0.4) is 0 Å². The zero-order valence-electron chi connectivity index (χ0n) is 12.4. The van der Waals surface area contributed by atoms with E-state index in [2.05, 4.69) is 11.4 Å². The van der Waals surface area contributed by atoms with Gasteiger partial charge in [0.25, 0.3) is 5.91 Å². The maximum Gasteiger partial charge on any atom is 0.338 e. The van der Waals surface area contributed by atoms with Crippen LogP contribution in [-0.2, 0) is 15.3 Å². The minimum absolute atomic E-state index is 0.0688. The Morgan fingerprint density at radius 1 is 1.22 bits per heavy atom. The van der Waals surface area contributed by atoms with Gasteiger partial charge >= 0.3 is 5.97 Å². The van der Waals surface area contributed by atoms with Crippen LogP contribution in [0.2, 0.25) is 0 Å². The number of phenols is 1. The van der Waals surface area contributed by atoms with Gasteiger partial charge in [0.1, 0.15) is 5.75 Å². The lowest BCUT2D eigenvalue weighted by Gasteiger charge is -2.06. The van der Waals surface area contributed by atoms with E-state index in [1.165, 1.54) is 29.1 Å². The molecule has 0 atom stereocenters. The molecule has 0 aliphatic heterocycles. The average molecular weight is 351 g/mol. The highest BCUT2D eigenvalue weighted by Crippen LogP contribution is 2.16. The summed E-state index contributed by atoms with van der Waals surface area (Å²) in [5.74, 6) is 0.888. The standard InChI is InChI=1S/C16H17NO4S2/c18-13-5-3-12(4-6-13)16(20)21-10-15(19)17-7-9-22-11-14-2-1-8-23-14/h1-6,8,18H,7,9-11H2,(H,17,19). The van der Waals surface area contributed by atoms with Gasteiger partial charge in [0.05, 0.1) is 5.56 Å². The fraction of sp³-hybridized carbons (Fsp3) is 0.250. The molecule has 5 nitrogen and oxygen atoms in total. The summed E-state index contributed by atoms with van der Waals surface area (Å²) in [6.07, 6.45) is 0. The molecule has 0 spiro atoms. The molecule has 0 radical (unpaired) electrons. The molecule has 0 saturated heterocycles. The van der Waals surface area contributed by atoms with Gasteiger partial charge < -0.3 is 15.2 Å². The van der Waals surface area contributed by atoms with Gasteiger partial charge in [-0.1, -0.05) is 6.07 Å². The van der Waals surface area contributed by atoms with E-state index in [9.17, 15) is 9.59 Å². The van der Waals surface area contributed by atoms with Crippen molar-refractivity contribution in [3.8, 4) is 5.75 Å². The Balaban J connectivity index is 1.57. The zero-order chi connectivity index (χ0) is 16.5. The number of carbonyl (C=O) groups is 2. The van der Waals surface area contributed by atoms with E-state index in [0.29, 0.717) is 12.1 Å². The zero-order valence-corrected chi connectivity index (χ0v) is 14.0. The number of benzene rings is 1. The van der Waals surface area contributed by atoms with Gasteiger partial charge in [-0.15, -0.1) is 11.3 Å². The van der Waals surface area contributed by atoms with Crippen LogP contribution in [0.5, 0.6) is 5.75 Å². The van der Waals surface area contributed by atoms with Gasteiger partial charge in [0, 0.05) is 22.9 Å². The van der Waals surface area contributed by atoms with E-state index in [-0.39, 0.29) is 18.3 Å². The van der Waals surface area contributed by atoms with Crippen LogP contribution in [0.25, 0.3) is 0 Å². The molecule has 23 heavy (non-hydrogen) atoms. The normalized spacial score (nSPS) is 10.3. The van der Waals surface area contributed by atoms with Crippen LogP contribution in [0.15, 0.2) is 41.8 Å². The predicted molar refractivity (Wildman–Crippen MR) is 91.9 cm³/mol. The first-order valence-corrected chi connectivity index (χ1v) is 9.01. The fourth-order valence-corrected chi connectivity index (χ4v) is 3.39. The van der Waals surface area contributed by atoms with Gasteiger partial charge in [-0.25, -0.2) is 4.79 Å². The van der Waals surface area contributed by atoms with Crippen molar-refractivity contribution in [1.29, 1.82) is 0 Å². The highest BCUT2D eigenvalue weighted by atomic mass is 32.2. The van der Waals surface area contributed by atoms with Gasteiger partial charge in [0.15, 0.2) is 6.61 Å². The summed E-state index contributed by atoms with van der Waals surface area (Å²) in [6.45, 7) is 0.223. The molecule has 2 aromatic rings. The van der Waals surface area contributed by atoms with Crippen LogP contribution in [0.1, 0.15) is 15.2 Å². The van der Waals surface area contributed by atoms with Gasteiger partial charge in [-0.05, 0) is 35.7 Å². The van der Waals surface area contributed by atoms with Crippen molar-refractivity contribution in [1.82, 2.24) is 5.32 Å². The second-order valence-corrected chi connectivity index (χ2v) is 6.74. The molecule has 0 aliphatic carbocycles. The summed E-state index contributed by atoms with van der Waals surface area (Å²) in [6, 6.07) is 9.76. The largest absolute Gasteiger partial charge is 0.508 e. The van der Waals surface area contributed by atoms with Crippen molar-refractivity contribution in [3.63, 3.8) is 0 Å². The highest BCUT2D eigenvalue weighted by molar-refractivity contribution is 7.98. The molecule has 1 heterocycles. The fourth-order valence-electron chi connectivity index (χ4n) is 1.69. The third-order valence-corrected chi connectivity index (χ3v) is 4.90. The van der Waals surface area contributed by atoms with Crippen LogP contribution < -0.4 is 5.32 Å². The number of aromatic hydroxyl groups is 1. The first kappa shape index (κ1) is 17.4. The number of nitrogens with one attached hydrogen (secondary N) is 1. The summed E-state index contributed by atoms with van der Waals surface area (Å²) < 4.78 is 4.91. The maximum atomic E-state index is 11.7. The number of thioether (sulfide) groups is 1. The third kappa shape index (κ3) is 6.33. The van der Waals surface area contributed by atoms with E-state index >= 15 is 0 Å². The van der Waals surface area contributed by atoms with Gasteiger partial charge in [0.2, 0.25) is 0 Å². The van der Waals surface area contributed by atoms with Crippen molar-refractivity contribution in [2.45, 2.75) is 5.75 Å². The number of hydrogen-bond acceptors (Lipinski definition) is 6. The first-order valence-electron chi connectivity index (χ1n) is 6.98. The molecule has 0 fully saturated rings. The number of carbonyl (C=O) groups excluding carboxylic acids is 2. The number of hydrogen-bond donors (Lipinski definition) is 2. The van der Waals surface area contributed by atoms with Crippen LogP contribution >= 0.6 is 23.1 Å². The molecule has 0 unspecified atom stereocenters. The molecule has 1 aromatic carbocycles. The highest BCUT2D eigenvalue weighted by Gasteiger charge is 2.09. The number of amides is 1. The van der Waals surface area contributed by atoms with Crippen LogP contribution in [-0.4, -0.2) is 35.9 Å². The van der Waals surface area contributed by atoms with Crippen LogP contribution in [0.4, 0.5) is 0 Å². The Morgan fingerprint density at radius 3 is 2.70 bits per heavy atom. The molecule has 0 bridgehead atoms. The van der Waals surface area contributed by atoms with Gasteiger partial charge in [-0.3, -0.25) is 4.79 Å². The van der Waals surface area contributed by atoms with Crippen molar-refractivity contribution >= 4 is 35.0 Å². The van der Waals surface area contributed by atoms with Crippen molar-refractivity contribution in [2.24, 2.45) is 0 Å². The molecule has 122 valence electrons. The number of thiophene rings is 1. The minimum Gasteiger partial charge on any atom is -0.508 e. The average Bonchev–Trinajstić information content (AvgIpc) is 3.06. The summed E-state index contributed by atoms with van der Waals surface area (Å²) in [4.78, 5) is 24.6. The smallest absolute Gasteiger partial charge is 0.338 e. The second kappa shape index (κ2) is 9.22. The Kier molecular flexibility index (Phi) is 6.96. The molecule has 1 aromatic heterocycles. The number of phenolic OH excluding ortho intramolecular Hbond substituents is 1. The number of ether oxygens (including phenoxy) is 1. The van der Waals surface area contributed by atoms with E-state index in [4.69, 9.17) is 9.84 Å². The lowest BCUT2D eigenvalue weighted by Crippen LogP contribution is -2.30. The van der Waals surface area contributed by atoms with Gasteiger partial charge in [-0.2, -0.15) is 11.8 Å². The van der Waals surface area contributed by atoms with Crippen molar-refractivity contribution in [3.05, 3.63) is 52.2 Å². The summed E-state index contributed by atoms with van der Waals surface area (Å²) in [7, 11) is 0. The van der Waals surface area contributed by atoms with Crippen LogP contribution in [0, 0.1) is 0 Å².